The third-order valence-electron chi connectivity index (χ3n) is 6.43. The fourth-order valence-electron chi connectivity index (χ4n) is 5.81. The van der Waals surface area contributed by atoms with Gasteiger partial charge in [0.05, 0.1) is 0 Å². The summed E-state index contributed by atoms with van der Waals surface area (Å²) in [4.78, 5) is 0. The van der Waals surface area contributed by atoms with Gasteiger partial charge in [0, 0.05) is 17.1 Å². The summed E-state index contributed by atoms with van der Waals surface area (Å²) in [5.41, 5.74) is 0.577. The molecular formula is C16H19OP. The van der Waals surface area contributed by atoms with E-state index in [1.165, 1.54) is 24.6 Å². The largest absolute Gasteiger partial charge is 0.318 e. The second-order valence-corrected chi connectivity index (χ2v) is 10.1. The van der Waals surface area contributed by atoms with E-state index >= 15 is 0 Å². The molecule has 0 spiro atoms. The van der Waals surface area contributed by atoms with Gasteiger partial charge in [0.2, 0.25) is 0 Å². The highest BCUT2D eigenvalue weighted by molar-refractivity contribution is 7.72. The Morgan fingerprint density at radius 2 is 1.56 bits per heavy atom. The van der Waals surface area contributed by atoms with Crippen molar-refractivity contribution in [3.05, 3.63) is 30.3 Å². The van der Waals surface area contributed by atoms with Crippen LogP contribution in [0.15, 0.2) is 30.3 Å². The molecule has 5 rings (SSSR count). The Balaban J connectivity index is 1.62. The fraction of sp³-hybridized carbons (Fsp3) is 0.625. The number of hydrogen-bond donors (Lipinski definition) is 0. The summed E-state index contributed by atoms with van der Waals surface area (Å²) in [6.07, 6.45) is 5.14. The summed E-state index contributed by atoms with van der Waals surface area (Å²) in [5, 5.41) is 1.18. The molecule has 1 aromatic rings. The topological polar surface area (TPSA) is 17.1 Å². The molecule has 0 amide bonds. The lowest BCUT2D eigenvalue weighted by Crippen LogP contribution is -2.27. The smallest absolute Gasteiger partial charge is 0.119 e. The van der Waals surface area contributed by atoms with Gasteiger partial charge in [-0.1, -0.05) is 30.3 Å². The Labute approximate surface area is 108 Å². The molecule has 18 heavy (non-hydrogen) atoms. The van der Waals surface area contributed by atoms with Crippen LogP contribution in [0.5, 0.6) is 0 Å². The van der Waals surface area contributed by atoms with Gasteiger partial charge in [-0.05, 0) is 48.9 Å². The maximum Gasteiger partial charge on any atom is 0.119 e. The average Bonchev–Trinajstić information content (AvgIpc) is 2.85. The molecule has 0 aromatic heterocycles. The zero-order valence-electron chi connectivity index (χ0n) is 10.5. The van der Waals surface area contributed by atoms with Gasteiger partial charge in [0.25, 0.3) is 0 Å². The van der Waals surface area contributed by atoms with E-state index in [-0.39, 0.29) is 0 Å². The molecule has 3 saturated carbocycles. The first-order valence-electron chi connectivity index (χ1n) is 7.43. The SMILES string of the molecule is O=P1(c2ccccc2)CCC2C3CC(C4CC34)C21. The van der Waals surface area contributed by atoms with Gasteiger partial charge in [0.15, 0.2) is 0 Å². The van der Waals surface area contributed by atoms with Gasteiger partial charge >= 0.3 is 0 Å². The van der Waals surface area contributed by atoms with Crippen LogP contribution in [0.1, 0.15) is 19.3 Å². The third-order valence-corrected chi connectivity index (χ3v) is 10.3. The molecule has 3 aliphatic carbocycles. The van der Waals surface area contributed by atoms with Gasteiger partial charge in [-0.15, -0.1) is 0 Å². The Morgan fingerprint density at radius 3 is 2.39 bits per heavy atom. The predicted octanol–water partition coefficient (Wildman–Crippen LogP) is 3.35. The van der Waals surface area contributed by atoms with Crippen LogP contribution >= 0.6 is 7.14 Å². The highest BCUT2D eigenvalue weighted by Gasteiger charge is 2.70. The Morgan fingerprint density at radius 1 is 0.889 bits per heavy atom. The van der Waals surface area contributed by atoms with Crippen LogP contribution in [0.2, 0.25) is 0 Å². The van der Waals surface area contributed by atoms with Crippen molar-refractivity contribution in [2.75, 3.05) is 6.16 Å². The zero-order chi connectivity index (χ0) is 11.9. The molecule has 4 aliphatic rings. The number of fused-ring (bicyclic) bond motifs is 8. The average molecular weight is 258 g/mol. The number of rotatable bonds is 1. The number of hydrogen-bond acceptors (Lipinski definition) is 1. The second-order valence-electron chi connectivity index (χ2n) is 6.92. The molecule has 94 valence electrons. The summed E-state index contributed by atoms with van der Waals surface area (Å²) in [5.74, 6) is 4.65. The molecule has 1 aliphatic heterocycles. The first kappa shape index (κ1) is 10.3. The normalized spacial score (nSPS) is 55.3. The van der Waals surface area contributed by atoms with Crippen LogP contribution in [0, 0.1) is 29.6 Å². The van der Waals surface area contributed by atoms with Gasteiger partial charge in [-0.3, -0.25) is 0 Å². The van der Waals surface area contributed by atoms with E-state index in [0.29, 0.717) is 5.66 Å². The highest BCUT2D eigenvalue weighted by Crippen LogP contribution is 2.78. The lowest BCUT2D eigenvalue weighted by atomic mass is 9.87. The molecule has 2 heteroatoms. The molecular weight excluding hydrogens is 239 g/mol. The standard InChI is InChI=1S/C16H19OP/c17-18(10-4-2-1-3-5-10)7-6-11-12-9-15(16(11)18)14-8-13(12)14/h1-5,11-16H,6-9H2. The first-order chi connectivity index (χ1) is 8.79. The van der Waals surface area contributed by atoms with Crippen molar-refractivity contribution >= 4 is 12.4 Å². The molecule has 4 fully saturated rings. The van der Waals surface area contributed by atoms with Gasteiger partial charge in [0.1, 0.15) is 7.14 Å². The minimum Gasteiger partial charge on any atom is -0.318 e. The Hall–Kier alpha value is -0.550. The van der Waals surface area contributed by atoms with E-state index in [1.54, 1.807) is 0 Å². The van der Waals surface area contributed by atoms with Crippen molar-refractivity contribution < 1.29 is 4.57 Å². The quantitative estimate of drug-likeness (QED) is 0.706. The van der Waals surface area contributed by atoms with E-state index in [4.69, 9.17) is 0 Å². The van der Waals surface area contributed by atoms with Crippen molar-refractivity contribution in [2.24, 2.45) is 29.6 Å². The van der Waals surface area contributed by atoms with Gasteiger partial charge in [-0.25, -0.2) is 0 Å². The summed E-state index contributed by atoms with van der Waals surface area (Å²) >= 11 is 0. The molecule has 1 heterocycles. The summed E-state index contributed by atoms with van der Waals surface area (Å²) in [6.45, 7) is 0. The lowest BCUT2D eigenvalue weighted by molar-refractivity contribution is 0.328. The maximum atomic E-state index is 13.6. The molecule has 7 unspecified atom stereocenters. The van der Waals surface area contributed by atoms with Crippen LogP contribution in [-0.4, -0.2) is 11.8 Å². The molecule has 2 bridgehead atoms. The second kappa shape index (κ2) is 3.12. The van der Waals surface area contributed by atoms with Crippen molar-refractivity contribution in [1.82, 2.24) is 0 Å². The highest BCUT2D eigenvalue weighted by atomic mass is 31.2. The van der Waals surface area contributed by atoms with Crippen molar-refractivity contribution in [2.45, 2.75) is 24.9 Å². The Kier molecular flexibility index (Phi) is 1.78. The monoisotopic (exact) mass is 258 g/mol. The minimum atomic E-state index is -2.08. The molecule has 0 N–H and O–H groups in total. The van der Waals surface area contributed by atoms with Crippen molar-refractivity contribution in [1.29, 1.82) is 0 Å². The first-order valence-corrected chi connectivity index (χ1v) is 9.39. The minimum absolute atomic E-state index is 0.577. The third kappa shape index (κ3) is 1.05. The molecule has 1 saturated heterocycles. The van der Waals surface area contributed by atoms with Crippen LogP contribution in [-0.2, 0) is 4.57 Å². The molecule has 0 radical (unpaired) electrons. The molecule has 1 nitrogen and oxygen atoms in total. The fourth-order valence-corrected chi connectivity index (χ4v) is 10.0. The predicted molar refractivity (Wildman–Crippen MR) is 73.6 cm³/mol. The molecule has 7 atom stereocenters. The van der Waals surface area contributed by atoms with E-state index in [1.807, 2.05) is 6.07 Å². The van der Waals surface area contributed by atoms with Crippen molar-refractivity contribution in [3.63, 3.8) is 0 Å². The van der Waals surface area contributed by atoms with E-state index in [2.05, 4.69) is 24.3 Å². The lowest BCUT2D eigenvalue weighted by Gasteiger charge is -2.29. The van der Waals surface area contributed by atoms with Crippen molar-refractivity contribution in [3.8, 4) is 0 Å². The van der Waals surface area contributed by atoms with Crippen LogP contribution in [0.25, 0.3) is 0 Å². The maximum absolute atomic E-state index is 13.6. The number of benzene rings is 1. The summed E-state index contributed by atoms with van der Waals surface area (Å²) in [6, 6.07) is 10.4. The zero-order valence-corrected chi connectivity index (χ0v) is 11.4. The van der Waals surface area contributed by atoms with E-state index < -0.39 is 7.14 Å². The Bertz CT molecular complexity index is 549. The van der Waals surface area contributed by atoms with Gasteiger partial charge in [-0.2, -0.15) is 0 Å². The van der Waals surface area contributed by atoms with Crippen LogP contribution in [0.4, 0.5) is 0 Å². The summed E-state index contributed by atoms with van der Waals surface area (Å²) in [7, 11) is -2.08. The van der Waals surface area contributed by atoms with Crippen LogP contribution in [0.3, 0.4) is 0 Å². The van der Waals surface area contributed by atoms with E-state index in [9.17, 15) is 4.57 Å². The molecule has 1 aromatic carbocycles. The van der Waals surface area contributed by atoms with Gasteiger partial charge < -0.3 is 4.57 Å². The van der Waals surface area contributed by atoms with Crippen LogP contribution < -0.4 is 5.30 Å². The summed E-state index contributed by atoms with van der Waals surface area (Å²) < 4.78 is 13.6. The van der Waals surface area contributed by atoms with E-state index in [0.717, 1.165) is 35.8 Å².